The third-order valence-electron chi connectivity index (χ3n) is 1.58. The van der Waals surface area contributed by atoms with Crippen LogP contribution in [0.1, 0.15) is 6.42 Å². The molecule has 2 unspecified atom stereocenters. The van der Waals surface area contributed by atoms with Crippen LogP contribution in [-0.4, -0.2) is 38.4 Å². The van der Waals surface area contributed by atoms with Crippen LogP contribution in [0.15, 0.2) is 0 Å². The summed E-state index contributed by atoms with van der Waals surface area (Å²) in [6, 6.07) is -0.00670. The van der Waals surface area contributed by atoms with Gasteiger partial charge in [0.15, 0.2) is 9.84 Å². The monoisotopic (exact) mass is 192 g/mol. The molecule has 12 heavy (non-hydrogen) atoms. The average Bonchev–Trinajstić information content (AvgIpc) is 2.40. The second kappa shape index (κ2) is 3.02. The Balaban J connectivity index is 2.30. The molecule has 6 heteroatoms. The number of nitrogens with two attached hydrogens (primary N) is 1. The zero-order valence-corrected chi connectivity index (χ0v) is 7.60. The van der Waals surface area contributed by atoms with E-state index < -0.39 is 21.5 Å². The molecule has 5 nitrogen and oxygen atoms in total. The summed E-state index contributed by atoms with van der Waals surface area (Å²) in [6.07, 6.45) is 1.77. The van der Waals surface area contributed by atoms with Gasteiger partial charge in [-0.25, -0.2) is 8.42 Å². The predicted molar refractivity (Wildman–Crippen MR) is 44.2 cm³/mol. The summed E-state index contributed by atoms with van der Waals surface area (Å²) in [7, 11) is -3.21. The molecule has 0 heterocycles. The molecule has 70 valence electrons. The van der Waals surface area contributed by atoms with Gasteiger partial charge >= 0.3 is 0 Å². The van der Waals surface area contributed by atoms with Crippen LogP contribution in [0.4, 0.5) is 0 Å². The Morgan fingerprint density at radius 3 is 2.50 bits per heavy atom. The fourth-order valence-electron chi connectivity index (χ4n) is 0.867. The molecule has 1 aliphatic carbocycles. The first-order valence-corrected chi connectivity index (χ1v) is 5.67. The lowest BCUT2D eigenvalue weighted by molar-refractivity contribution is -0.118. The number of nitrogens with one attached hydrogen (secondary N) is 1. The van der Waals surface area contributed by atoms with Crippen LogP contribution in [0.3, 0.4) is 0 Å². The van der Waals surface area contributed by atoms with Crippen LogP contribution in [-0.2, 0) is 14.6 Å². The zero-order valence-electron chi connectivity index (χ0n) is 6.78. The molecule has 0 aromatic heterocycles. The number of rotatable bonds is 3. The van der Waals surface area contributed by atoms with Crippen molar-refractivity contribution in [3.63, 3.8) is 0 Å². The van der Waals surface area contributed by atoms with Crippen molar-refractivity contribution >= 4 is 15.7 Å². The summed E-state index contributed by atoms with van der Waals surface area (Å²) in [5, 5.41) is 2.52. The van der Waals surface area contributed by atoms with Gasteiger partial charge in [-0.3, -0.25) is 4.79 Å². The molecule has 0 aromatic carbocycles. The normalized spacial score (nSPS) is 28.2. The van der Waals surface area contributed by atoms with Gasteiger partial charge in [-0.05, 0) is 6.42 Å². The molecule has 0 spiro atoms. The fourth-order valence-corrected chi connectivity index (χ4v) is 1.43. The zero-order chi connectivity index (χ0) is 9.35. The lowest BCUT2D eigenvalue weighted by Crippen LogP contribution is -2.34. The molecular weight excluding hydrogens is 180 g/mol. The van der Waals surface area contributed by atoms with Gasteiger partial charge in [-0.15, -0.1) is 0 Å². The maximum atomic E-state index is 10.9. The van der Waals surface area contributed by atoms with Crippen molar-refractivity contribution < 1.29 is 13.2 Å². The standard InChI is InChI=1S/C6H12N2O3S/c1-12(10,11)3-6(9)8-5-2-4(5)7/h4-5H,2-3,7H2,1H3,(H,8,9). The summed E-state index contributed by atoms with van der Waals surface area (Å²) >= 11 is 0. The highest BCUT2D eigenvalue weighted by atomic mass is 32.2. The minimum absolute atomic E-state index is 0.00788. The van der Waals surface area contributed by atoms with Crippen molar-refractivity contribution in [3.05, 3.63) is 0 Å². The molecule has 0 saturated heterocycles. The Kier molecular flexibility index (Phi) is 2.39. The molecule has 3 N–H and O–H groups in total. The van der Waals surface area contributed by atoms with E-state index in [4.69, 9.17) is 5.73 Å². The van der Waals surface area contributed by atoms with E-state index >= 15 is 0 Å². The topological polar surface area (TPSA) is 89.3 Å². The summed E-state index contributed by atoms with van der Waals surface area (Å²) < 4.78 is 21.3. The van der Waals surface area contributed by atoms with Gasteiger partial charge in [0.2, 0.25) is 5.91 Å². The lowest BCUT2D eigenvalue weighted by Gasteiger charge is -2.00. The first-order chi connectivity index (χ1) is 5.38. The molecule has 1 saturated carbocycles. The quantitative estimate of drug-likeness (QED) is 0.554. The van der Waals surface area contributed by atoms with Gasteiger partial charge in [0.05, 0.1) is 0 Å². The van der Waals surface area contributed by atoms with Crippen molar-refractivity contribution in [3.8, 4) is 0 Å². The van der Waals surface area contributed by atoms with E-state index in [1.807, 2.05) is 0 Å². The van der Waals surface area contributed by atoms with Crippen LogP contribution in [0, 0.1) is 0 Å². The number of amides is 1. The Morgan fingerprint density at radius 1 is 1.67 bits per heavy atom. The van der Waals surface area contributed by atoms with Gasteiger partial charge in [0.1, 0.15) is 5.75 Å². The Morgan fingerprint density at radius 2 is 2.17 bits per heavy atom. The van der Waals surface area contributed by atoms with Crippen molar-refractivity contribution in [2.24, 2.45) is 5.73 Å². The average molecular weight is 192 g/mol. The molecule has 0 bridgehead atoms. The molecule has 2 atom stereocenters. The molecule has 0 radical (unpaired) electrons. The van der Waals surface area contributed by atoms with E-state index in [0.29, 0.717) is 0 Å². The number of hydrogen-bond donors (Lipinski definition) is 2. The van der Waals surface area contributed by atoms with E-state index in [9.17, 15) is 13.2 Å². The first kappa shape index (κ1) is 9.47. The molecule has 0 aromatic rings. The van der Waals surface area contributed by atoms with Crippen LogP contribution in [0.25, 0.3) is 0 Å². The third-order valence-corrected chi connectivity index (χ3v) is 2.37. The maximum Gasteiger partial charge on any atom is 0.235 e. The summed E-state index contributed by atoms with van der Waals surface area (Å²) in [6.45, 7) is 0. The fraction of sp³-hybridized carbons (Fsp3) is 0.833. The largest absolute Gasteiger partial charge is 0.351 e. The van der Waals surface area contributed by atoms with E-state index in [-0.39, 0.29) is 12.1 Å². The molecule has 1 amide bonds. The van der Waals surface area contributed by atoms with Crippen molar-refractivity contribution in [1.29, 1.82) is 0 Å². The van der Waals surface area contributed by atoms with Gasteiger partial charge < -0.3 is 11.1 Å². The van der Waals surface area contributed by atoms with E-state index in [1.165, 1.54) is 0 Å². The highest BCUT2D eigenvalue weighted by Gasteiger charge is 2.34. The van der Waals surface area contributed by atoms with Gasteiger partial charge in [-0.2, -0.15) is 0 Å². The Labute approximate surface area is 71.2 Å². The SMILES string of the molecule is CS(=O)(=O)CC(=O)NC1CC1N. The highest BCUT2D eigenvalue weighted by Crippen LogP contribution is 2.17. The first-order valence-electron chi connectivity index (χ1n) is 3.61. The number of carbonyl (C=O) groups excluding carboxylic acids is 1. The predicted octanol–water partition coefficient (Wildman–Crippen LogP) is -1.75. The molecule has 1 fully saturated rings. The number of sulfone groups is 1. The molecular formula is C6H12N2O3S. The van der Waals surface area contributed by atoms with E-state index in [0.717, 1.165) is 12.7 Å². The second-order valence-electron chi connectivity index (χ2n) is 3.14. The second-order valence-corrected chi connectivity index (χ2v) is 5.28. The molecule has 1 rings (SSSR count). The summed E-state index contributed by atoms with van der Waals surface area (Å²) in [5.74, 6) is -0.911. The third kappa shape index (κ3) is 3.19. The Hall–Kier alpha value is -0.620. The Bertz CT molecular complexity index is 285. The molecule has 0 aliphatic heterocycles. The van der Waals surface area contributed by atoms with Gasteiger partial charge in [-0.1, -0.05) is 0 Å². The minimum Gasteiger partial charge on any atom is -0.351 e. The van der Waals surface area contributed by atoms with Crippen molar-refractivity contribution in [2.75, 3.05) is 12.0 Å². The summed E-state index contributed by atoms with van der Waals surface area (Å²) in [5.41, 5.74) is 5.41. The van der Waals surface area contributed by atoms with Crippen molar-refractivity contribution in [2.45, 2.75) is 18.5 Å². The van der Waals surface area contributed by atoms with Crippen molar-refractivity contribution in [1.82, 2.24) is 5.32 Å². The smallest absolute Gasteiger partial charge is 0.235 e. The number of carbonyl (C=O) groups is 1. The van der Waals surface area contributed by atoms with Crippen LogP contribution in [0.5, 0.6) is 0 Å². The van der Waals surface area contributed by atoms with Crippen LogP contribution < -0.4 is 11.1 Å². The van der Waals surface area contributed by atoms with E-state index in [1.54, 1.807) is 0 Å². The van der Waals surface area contributed by atoms with Gasteiger partial charge in [0, 0.05) is 18.3 Å². The number of hydrogen-bond acceptors (Lipinski definition) is 4. The van der Waals surface area contributed by atoms with Crippen LogP contribution >= 0.6 is 0 Å². The summed E-state index contributed by atoms with van der Waals surface area (Å²) in [4.78, 5) is 10.9. The maximum absolute atomic E-state index is 10.9. The molecule has 1 aliphatic rings. The van der Waals surface area contributed by atoms with Crippen LogP contribution in [0.2, 0.25) is 0 Å². The van der Waals surface area contributed by atoms with Gasteiger partial charge in [0.25, 0.3) is 0 Å². The lowest BCUT2D eigenvalue weighted by atomic mass is 10.6. The van der Waals surface area contributed by atoms with E-state index in [2.05, 4.69) is 5.32 Å². The highest BCUT2D eigenvalue weighted by molar-refractivity contribution is 7.91. The minimum atomic E-state index is -3.21.